The summed E-state index contributed by atoms with van der Waals surface area (Å²) in [7, 11) is 1.54. The van der Waals surface area contributed by atoms with Crippen LogP contribution in [0.25, 0.3) is 10.8 Å². The molecule has 0 aliphatic carbocycles. The number of rotatable bonds is 6. The molecule has 2 aromatic carbocycles. The Labute approximate surface area is 154 Å². The summed E-state index contributed by atoms with van der Waals surface area (Å²) < 4.78 is 10.7. The van der Waals surface area contributed by atoms with Crippen molar-refractivity contribution in [3.05, 3.63) is 48.0 Å². The molecule has 1 N–H and O–H groups in total. The lowest BCUT2D eigenvalue weighted by atomic mass is 9.81. The van der Waals surface area contributed by atoms with Crippen molar-refractivity contribution in [1.82, 2.24) is 10.2 Å². The summed E-state index contributed by atoms with van der Waals surface area (Å²) in [5.41, 5.74) is 1.39. The van der Waals surface area contributed by atoms with Crippen LogP contribution in [0.4, 0.5) is 0 Å². The topological polar surface area (TPSA) is 50.8 Å². The minimum absolute atomic E-state index is 0.0218. The van der Waals surface area contributed by atoms with E-state index in [-0.39, 0.29) is 17.9 Å². The molecule has 1 amide bonds. The summed E-state index contributed by atoms with van der Waals surface area (Å²) in [6.45, 7) is 5.18. The summed E-state index contributed by atoms with van der Waals surface area (Å²) in [4.78, 5) is 14.3. The van der Waals surface area contributed by atoms with E-state index < -0.39 is 0 Å². The average Bonchev–Trinajstić information content (AvgIpc) is 3.17. The second kappa shape index (κ2) is 7.35. The molecule has 5 nitrogen and oxygen atoms in total. The van der Waals surface area contributed by atoms with Crippen LogP contribution in [0.2, 0.25) is 0 Å². The lowest BCUT2D eigenvalue weighted by molar-refractivity contribution is -0.125. The number of hydrogen-bond donors (Lipinski definition) is 1. The maximum atomic E-state index is 11.8. The number of nitrogens with zero attached hydrogens (tertiary/aromatic N) is 1. The minimum atomic E-state index is -0.0555. The standard InChI is InChI=1S/C21H26N2O3/c1-25-12-20(24)22-13-21-14-23(10-18(21)11-26-15-21)9-17-7-4-6-16-5-2-3-8-19(16)17/h2-8,18H,9-15H2,1H3,(H,22,24)/t18-,21+/m1/s1. The Morgan fingerprint density at radius 3 is 3.04 bits per heavy atom. The van der Waals surface area contributed by atoms with Gasteiger partial charge in [0.05, 0.1) is 13.2 Å². The third kappa shape index (κ3) is 3.34. The van der Waals surface area contributed by atoms with Gasteiger partial charge in [0.1, 0.15) is 6.61 Å². The Hall–Kier alpha value is -1.95. The van der Waals surface area contributed by atoms with Crippen molar-refractivity contribution in [3.63, 3.8) is 0 Å². The molecule has 2 atom stereocenters. The van der Waals surface area contributed by atoms with Crippen molar-refractivity contribution >= 4 is 16.7 Å². The van der Waals surface area contributed by atoms with Crippen LogP contribution < -0.4 is 5.32 Å². The predicted molar refractivity (Wildman–Crippen MR) is 101 cm³/mol. The number of amides is 1. The fraction of sp³-hybridized carbons (Fsp3) is 0.476. The number of likely N-dealkylation sites (tertiary alicyclic amines) is 1. The first-order valence-electron chi connectivity index (χ1n) is 9.22. The van der Waals surface area contributed by atoms with E-state index in [4.69, 9.17) is 9.47 Å². The van der Waals surface area contributed by atoms with Crippen molar-refractivity contribution in [2.24, 2.45) is 11.3 Å². The van der Waals surface area contributed by atoms with Gasteiger partial charge >= 0.3 is 0 Å². The largest absolute Gasteiger partial charge is 0.380 e. The van der Waals surface area contributed by atoms with Crippen LogP contribution in [0.15, 0.2) is 42.5 Å². The second-order valence-electron chi connectivity index (χ2n) is 7.59. The van der Waals surface area contributed by atoms with E-state index in [1.807, 2.05) is 0 Å². The average molecular weight is 354 g/mol. The minimum Gasteiger partial charge on any atom is -0.380 e. The molecule has 2 aliphatic heterocycles. The molecule has 2 aromatic rings. The Bertz CT molecular complexity index is 788. The van der Waals surface area contributed by atoms with Crippen LogP contribution in [-0.2, 0) is 20.8 Å². The van der Waals surface area contributed by atoms with E-state index in [1.165, 1.54) is 16.3 Å². The van der Waals surface area contributed by atoms with E-state index in [1.54, 1.807) is 7.11 Å². The molecule has 2 aliphatic rings. The van der Waals surface area contributed by atoms with E-state index >= 15 is 0 Å². The zero-order valence-corrected chi connectivity index (χ0v) is 15.2. The molecule has 2 saturated heterocycles. The number of nitrogens with one attached hydrogen (secondary N) is 1. The third-order valence-electron chi connectivity index (χ3n) is 5.78. The van der Waals surface area contributed by atoms with E-state index in [2.05, 4.69) is 52.7 Å². The molecule has 2 fully saturated rings. The maximum absolute atomic E-state index is 11.8. The SMILES string of the molecule is COCC(=O)NC[C@]12COC[C@H]1CN(Cc1cccc3ccccc13)C2. The molecule has 0 aromatic heterocycles. The first-order valence-corrected chi connectivity index (χ1v) is 9.22. The summed E-state index contributed by atoms with van der Waals surface area (Å²) in [6.07, 6.45) is 0. The molecule has 0 saturated carbocycles. The zero-order valence-electron chi connectivity index (χ0n) is 15.2. The third-order valence-corrected chi connectivity index (χ3v) is 5.78. The summed E-state index contributed by atoms with van der Waals surface area (Å²) >= 11 is 0. The first-order chi connectivity index (χ1) is 12.7. The molecule has 26 heavy (non-hydrogen) atoms. The van der Waals surface area contributed by atoms with Gasteiger partial charge in [0.25, 0.3) is 0 Å². The van der Waals surface area contributed by atoms with Crippen LogP contribution in [0.5, 0.6) is 0 Å². The number of methoxy groups -OCH3 is 1. The van der Waals surface area contributed by atoms with Crippen LogP contribution in [0, 0.1) is 11.3 Å². The zero-order chi connectivity index (χ0) is 18.0. The van der Waals surface area contributed by atoms with Gasteiger partial charge in [0, 0.05) is 44.6 Å². The second-order valence-corrected chi connectivity index (χ2v) is 7.59. The fourth-order valence-corrected chi connectivity index (χ4v) is 4.44. The van der Waals surface area contributed by atoms with Crippen LogP contribution >= 0.6 is 0 Å². The first kappa shape index (κ1) is 17.5. The van der Waals surface area contributed by atoms with Gasteiger partial charge < -0.3 is 14.8 Å². The maximum Gasteiger partial charge on any atom is 0.246 e. The summed E-state index contributed by atoms with van der Waals surface area (Å²) in [5.74, 6) is 0.417. The van der Waals surface area contributed by atoms with E-state index in [0.29, 0.717) is 12.5 Å². The fourth-order valence-electron chi connectivity index (χ4n) is 4.44. The highest BCUT2D eigenvalue weighted by molar-refractivity contribution is 5.85. The van der Waals surface area contributed by atoms with Gasteiger partial charge in [-0.15, -0.1) is 0 Å². The predicted octanol–water partition coefficient (Wildman–Crippen LogP) is 2.05. The van der Waals surface area contributed by atoms with Gasteiger partial charge in [-0.05, 0) is 16.3 Å². The Morgan fingerprint density at radius 1 is 1.31 bits per heavy atom. The number of hydrogen-bond acceptors (Lipinski definition) is 4. The van der Waals surface area contributed by atoms with Gasteiger partial charge in [0.15, 0.2) is 0 Å². The quantitative estimate of drug-likeness (QED) is 0.863. The number of ether oxygens (including phenoxy) is 2. The normalized spacial score (nSPS) is 25.5. The van der Waals surface area contributed by atoms with Crippen molar-refractivity contribution in [2.45, 2.75) is 6.54 Å². The van der Waals surface area contributed by atoms with Gasteiger partial charge in [-0.1, -0.05) is 42.5 Å². The number of carbonyl (C=O) groups is 1. The van der Waals surface area contributed by atoms with Crippen molar-refractivity contribution < 1.29 is 14.3 Å². The van der Waals surface area contributed by atoms with E-state index in [9.17, 15) is 4.79 Å². The van der Waals surface area contributed by atoms with Crippen LogP contribution in [0.1, 0.15) is 5.56 Å². The Kier molecular flexibility index (Phi) is 4.94. The number of carbonyl (C=O) groups excluding carboxylic acids is 1. The molecule has 4 rings (SSSR count). The highest BCUT2D eigenvalue weighted by atomic mass is 16.5. The molecule has 0 spiro atoms. The molecule has 138 valence electrons. The monoisotopic (exact) mass is 354 g/mol. The number of fused-ring (bicyclic) bond motifs is 2. The molecule has 0 unspecified atom stereocenters. The lowest BCUT2D eigenvalue weighted by Gasteiger charge is -2.27. The van der Waals surface area contributed by atoms with Gasteiger partial charge in [-0.2, -0.15) is 0 Å². The van der Waals surface area contributed by atoms with Crippen molar-refractivity contribution in [3.8, 4) is 0 Å². The molecule has 0 radical (unpaired) electrons. The van der Waals surface area contributed by atoms with Crippen LogP contribution in [-0.4, -0.2) is 57.4 Å². The number of benzene rings is 2. The highest BCUT2D eigenvalue weighted by Gasteiger charge is 2.50. The van der Waals surface area contributed by atoms with Crippen LogP contribution in [0.3, 0.4) is 0 Å². The Balaban J connectivity index is 1.47. The molecular weight excluding hydrogens is 328 g/mol. The summed E-state index contributed by atoms with van der Waals surface area (Å²) in [5, 5.41) is 5.64. The smallest absolute Gasteiger partial charge is 0.246 e. The van der Waals surface area contributed by atoms with Crippen molar-refractivity contribution in [1.29, 1.82) is 0 Å². The van der Waals surface area contributed by atoms with Crippen molar-refractivity contribution in [2.75, 3.05) is 46.6 Å². The molecule has 0 bridgehead atoms. The lowest BCUT2D eigenvalue weighted by Crippen LogP contribution is -2.44. The van der Waals surface area contributed by atoms with Gasteiger partial charge in [-0.25, -0.2) is 0 Å². The molecule has 2 heterocycles. The molecule has 5 heteroatoms. The Morgan fingerprint density at radius 2 is 2.15 bits per heavy atom. The van der Waals surface area contributed by atoms with Gasteiger partial charge in [-0.3, -0.25) is 9.69 Å². The van der Waals surface area contributed by atoms with Gasteiger partial charge in [0.2, 0.25) is 5.91 Å². The highest BCUT2D eigenvalue weighted by Crippen LogP contribution is 2.41. The van der Waals surface area contributed by atoms with E-state index in [0.717, 1.165) is 32.8 Å². The summed E-state index contributed by atoms with van der Waals surface area (Å²) in [6, 6.07) is 15.1. The molecular formula is C21H26N2O3.